The first kappa shape index (κ1) is 12.2. The number of nitrogens with zero attached hydrogens (tertiary/aromatic N) is 1. The zero-order chi connectivity index (χ0) is 11.3. The Balaban J connectivity index is 2.64. The molecule has 0 amide bonds. The van der Waals surface area contributed by atoms with E-state index in [1.165, 1.54) is 6.33 Å². The van der Waals surface area contributed by atoms with Gasteiger partial charge in [-0.15, -0.1) is 0 Å². The Morgan fingerprint density at radius 3 is 3.13 bits per heavy atom. The molecule has 1 aromatic rings. The molecule has 0 aliphatic rings. The molecule has 1 atom stereocenters. The van der Waals surface area contributed by atoms with E-state index < -0.39 is 0 Å². The number of ether oxygens (including phenoxy) is 1. The Morgan fingerprint density at radius 2 is 2.47 bits per heavy atom. The van der Waals surface area contributed by atoms with Gasteiger partial charge in [-0.1, -0.05) is 0 Å². The van der Waals surface area contributed by atoms with Gasteiger partial charge in [0.1, 0.15) is 10.3 Å². The largest absolute Gasteiger partial charge is 0.385 e. The number of anilines is 1. The lowest BCUT2D eigenvalue weighted by Crippen LogP contribution is -2.20. The number of rotatable bonds is 5. The van der Waals surface area contributed by atoms with Crippen LogP contribution in [0.5, 0.6) is 0 Å². The highest BCUT2D eigenvalue weighted by Crippen LogP contribution is 2.14. The molecule has 0 fully saturated rings. The third-order valence-electron chi connectivity index (χ3n) is 1.93. The summed E-state index contributed by atoms with van der Waals surface area (Å²) >= 11 is 3.18. The second kappa shape index (κ2) is 5.87. The summed E-state index contributed by atoms with van der Waals surface area (Å²) in [6.45, 7) is 2.68. The van der Waals surface area contributed by atoms with Crippen molar-refractivity contribution in [2.24, 2.45) is 0 Å². The minimum Gasteiger partial charge on any atom is -0.385 e. The van der Waals surface area contributed by atoms with E-state index in [4.69, 9.17) is 4.74 Å². The first-order valence-electron chi connectivity index (χ1n) is 4.63. The van der Waals surface area contributed by atoms with E-state index in [1.54, 1.807) is 7.11 Å². The Hall–Kier alpha value is -0.880. The molecule has 1 unspecified atom stereocenters. The van der Waals surface area contributed by atoms with Crippen molar-refractivity contribution >= 4 is 21.7 Å². The average Bonchev–Trinajstić information content (AvgIpc) is 2.22. The molecule has 1 rings (SSSR count). The summed E-state index contributed by atoms with van der Waals surface area (Å²) < 4.78 is 5.39. The molecule has 0 aromatic carbocycles. The van der Waals surface area contributed by atoms with Crippen LogP contribution in [-0.4, -0.2) is 29.7 Å². The molecule has 5 nitrogen and oxygen atoms in total. The lowest BCUT2D eigenvalue weighted by Gasteiger charge is -2.14. The van der Waals surface area contributed by atoms with Crippen molar-refractivity contribution in [1.29, 1.82) is 0 Å². The summed E-state index contributed by atoms with van der Waals surface area (Å²) in [5.41, 5.74) is -0.188. The molecule has 0 saturated heterocycles. The van der Waals surface area contributed by atoms with Crippen LogP contribution >= 0.6 is 15.9 Å². The molecular formula is C9H14BrN3O2. The van der Waals surface area contributed by atoms with Gasteiger partial charge in [-0.25, -0.2) is 4.98 Å². The summed E-state index contributed by atoms with van der Waals surface area (Å²) in [5.74, 6) is 0.558. The molecule has 0 aliphatic heterocycles. The van der Waals surface area contributed by atoms with Crippen LogP contribution in [0.3, 0.4) is 0 Å². The highest BCUT2D eigenvalue weighted by molar-refractivity contribution is 9.10. The predicted octanol–water partition coefficient (Wildman–Crippen LogP) is 1.37. The quantitative estimate of drug-likeness (QED) is 0.852. The van der Waals surface area contributed by atoms with Gasteiger partial charge in [0.05, 0.1) is 6.33 Å². The number of aromatic nitrogens is 2. The van der Waals surface area contributed by atoms with Crippen LogP contribution in [0.2, 0.25) is 0 Å². The number of halogens is 1. The van der Waals surface area contributed by atoms with Crippen LogP contribution in [0.15, 0.2) is 15.6 Å². The van der Waals surface area contributed by atoms with Crippen LogP contribution < -0.4 is 10.9 Å². The summed E-state index contributed by atoms with van der Waals surface area (Å²) in [5, 5.41) is 3.13. The van der Waals surface area contributed by atoms with Crippen LogP contribution in [0.25, 0.3) is 0 Å². The summed E-state index contributed by atoms with van der Waals surface area (Å²) in [6, 6.07) is 0.204. The number of H-pyrrole nitrogens is 1. The number of hydrogen-bond donors (Lipinski definition) is 2. The van der Waals surface area contributed by atoms with Crippen LogP contribution in [0.1, 0.15) is 13.3 Å². The Bertz CT molecular complexity index is 367. The van der Waals surface area contributed by atoms with Crippen molar-refractivity contribution in [3.8, 4) is 0 Å². The molecule has 6 heteroatoms. The minimum absolute atomic E-state index is 0.188. The van der Waals surface area contributed by atoms with E-state index in [0.717, 1.165) is 6.42 Å². The van der Waals surface area contributed by atoms with E-state index in [-0.39, 0.29) is 11.6 Å². The van der Waals surface area contributed by atoms with Crippen molar-refractivity contribution in [2.45, 2.75) is 19.4 Å². The highest BCUT2D eigenvalue weighted by atomic mass is 79.9. The molecule has 0 bridgehead atoms. The minimum atomic E-state index is -0.188. The fourth-order valence-corrected chi connectivity index (χ4v) is 1.42. The smallest absolute Gasteiger partial charge is 0.267 e. The molecule has 15 heavy (non-hydrogen) atoms. The molecule has 1 aromatic heterocycles. The van der Waals surface area contributed by atoms with Gasteiger partial charge < -0.3 is 15.0 Å². The van der Waals surface area contributed by atoms with Gasteiger partial charge in [-0.05, 0) is 29.3 Å². The number of nitrogens with one attached hydrogen (secondary N) is 2. The van der Waals surface area contributed by atoms with Crippen molar-refractivity contribution in [3.63, 3.8) is 0 Å². The second-order valence-corrected chi connectivity index (χ2v) is 4.01. The monoisotopic (exact) mass is 275 g/mol. The first-order valence-corrected chi connectivity index (χ1v) is 5.43. The zero-order valence-corrected chi connectivity index (χ0v) is 10.3. The lowest BCUT2D eigenvalue weighted by molar-refractivity contribution is 0.191. The highest BCUT2D eigenvalue weighted by Gasteiger charge is 2.08. The van der Waals surface area contributed by atoms with Crippen LogP contribution in [-0.2, 0) is 4.74 Å². The molecule has 84 valence electrons. The fraction of sp³-hybridized carbons (Fsp3) is 0.556. The first-order chi connectivity index (χ1) is 7.15. The molecule has 0 spiro atoms. The molecule has 0 radical (unpaired) electrons. The average molecular weight is 276 g/mol. The van der Waals surface area contributed by atoms with Gasteiger partial charge >= 0.3 is 0 Å². The van der Waals surface area contributed by atoms with Gasteiger partial charge in [0.2, 0.25) is 0 Å². The molecule has 0 saturated carbocycles. The van der Waals surface area contributed by atoms with Crippen molar-refractivity contribution < 1.29 is 4.74 Å². The van der Waals surface area contributed by atoms with E-state index in [0.29, 0.717) is 16.9 Å². The van der Waals surface area contributed by atoms with E-state index in [1.807, 2.05) is 6.92 Å². The maximum Gasteiger partial charge on any atom is 0.267 e. The van der Waals surface area contributed by atoms with Crippen LogP contribution in [0.4, 0.5) is 5.82 Å². The summed E-state index contributed by atoms with van der Waals surface area (Å²) in [4.78, 5) is 17.7. The van der Waals surface area contributed by atoms with Gasteiger partial charge in [0.25, 0.3) is 5.56 Å². The zero-order valence-electron chi connectivity index (χ0n) is 8.71. The standard InChI is InChI=1S/C9H14BrN3O2/c1-6(3-4-15-2)13-8-7(10)9(14)12-5-11-8/h5-6H,3-4H2,1-2H3,(H2,11,12,13,14). The fourth-order valence-electron chi connectivity index (χ4n) is 1.08. The van der Waals surface area contributed by atoms with Crippen LogP contribution in [0, 0.1) is 0 Å². The number of hydrogen-bond acceptors (Lipinski definition) is 4. The molecular weight excluding hydrogens is 262 g/mol. The molecule has 2 N–H and O–H groups in total. The van der Waals surface area contributed by atoms with Gasteiger partial charge in [-0.3, -0.25) is 4.79 Å². The Kier molecular flexibility index (Phi) is 4.77. The Morgan fingerprint density at radius 1 is 1.73 bits per heavy atom. The molecule has 1 heterocycles. The topological polar surface area (TPSA) is 67.0 Å². The van der Waals surface area contributed by atoms with Gasteiger partial charge in [-0.2, -0.15) is 0 Å². The van der Waals surface area contributed by atoms with Crippen molar-refractivity contribution in [2.75, 3.05) is 19.0 Å². The van der Waals surface area contributed by atoms with E-state index in [9.17, 15) is 4.79 Å². The third-order valence-corrected chi connectivity index (χ3v) is 2.67. The van der Waals surface area contributed by atoms with Gasteiger partial charge in [0.15, 0.2) is 0 Å². The second-order valence-electron chi connectivity index (χ2n) is 3.22. The molecule has 0 aliphatic carbocycles. The predicted molar refractivity (Wildman–Crippen MR) is 62.1 cm³/mol. The van der Waals surface area contributed by atoms with E-state index in [2.05, 4.69) is 31.2 Å². The maximum atomic E-state index is 11.2. The SMILES string of the molecule is COCCC(C)Nc1nc[nH]c(=O)c1Br. The normalized spacial score (nSPS) is 12.5. The van der Waals surface area contributed by atoms with Crippen molar-refractivity contribution in [1.82, 2.24) is 9.97 Å². The summed E-state index contributed by atoms with van der Waals surface area (Å²) in [6.07, 6.45) is 2.23. The Labute approximate surface area is 96.4 Å². The third kappa shape index (κ3) is 3.64. The maximum absolute atomic E-state index is 11.2. The van der Waals surface area contributed by atoms with Gasteiger partial charge in [0, 0.05) is 19.8 Å². The lowest BCUT2D eigenvalue weighted by atomic mass is 10.2. The van der Waals surface area contributed by atoms with E-state index >= 15 is 0 Å². The van der Waals surface area contributed by atoms with Crippen molar-refractivity contribution in [3.05, 3.63) is 21.2 Å². The number of aromatic amines is 1. The summed E-state index contributed by atoms with van der Waals surface area (Å²) in [7, 11) is 1.66. The number of methoxy groups -OCH3 is 1.